The molecule has 1 aliphatic rings. The number of nitrogen functional groups attached to an aromatic ring is 1. The summed E-state index contributed by atoms with van der Waals surface area (Å²) in [5.74, 6) is 1.08. The Morgan fingerprint density at radius 2 is 2.20 bits per heavy atom. The number of aromatic amines is 1. The smallest absolute Gasteiger partial charge is 0.148 e. The van der Waals surface area contributed by atoms with Crippen LogP contribution in [0.4, 0.5) is 5.82 Å². The van der Waals surface area contributed by atoms with E-state index in [9.17, 15) is 0 Å². The lowest BCUT2D eigenvalue weighted by atomic mass is 9.75. The Kier molecular flexibility index (Phi) is 1.63. The van der Waals surface area contributed by atoms with Crippen molar-refractivity contribution in [2.45, 2.75) is 19.3 Å². The van der Waals surface area contributed by atoms with Gasteiger partial charge in [-0.25, -0.2) is 0 Å². The zero-order valence-corrected chi connectivity index (χ0v) is 8.62. The van der Waals surface area contributed by atoms with Crippen LogP contribution in [0.1, 0.15) is 28.3 Å². The molecule has 76 valence electrons. The fourth-order valence-corrected chi connectivity index (χ4v) is 2.28. The summed E-state index contributed by atoms with van der Waals surface area (Å²) in [5.41, 5.74) is 10.8. The Balaban J connectivity index is 2.03. The number of nitrogens with two attached hydrogens (primary N) is 1. The van der Waals surface area contributed by atoms with E-state index < -0.39 is 0 Å². The molecule has 2 aromatic rings. The van der Waals surface area contributed by atoms with Gasteiger partial charge in [0.15, 0.2) is 0 Å². The van der Waals surface area contributed by atoms with Crippen LogP contribution in [0.2, 0.25) is 0 Å². The normalized spacial score (nSPS) is 18.3. The first-order valence-electron chi connectivity index (χ1n) is 5.15. The minimum absolute atomic E-state index is 0.464. The first kappa shape index (κ1) is 8.53. The van der Waals surface area contributed by atoms with Crippen molar-refractivity contribution in [2.75, 3.05) is 5.73 Å². The number of aromatic nitrogens is 2. The highest BCUT2D eigenvalue weighted by atomic mass is 15.2. The standard InChI is InChI=1S/C12H13N3/c1-7-11(14-15-12(7)13)10-6-8-4-2-3-5-9(8)10/h2-5,10H,6H2,1H3,(H3,13,14,15). The summed E-state index contributed by atoms with van der Waals surface area (Å²) in [6.45, 7) is 2.02. The largest absolute Gasteiger partial charge is 0.382 e. The van der Waals surface area contributed by atoms with E-state index in [0.717, 1.165) is 12.0 Å². The quantitative estimate of drug-likeness (QED) is 0.738. The zero-order chi connectivity index (χ0) is 10.4. The number of rotatable bonds is 1. The van der Waals surface area contributed by atoms with Crippen molar-refractivity contribution < 1.29 is 0 Å². The Labute approximate surface area is 88.3 Å². The molecule has 0 bridgehead atoms. The third-order valence-electron chi connectivity index (χ3n) is 3.29. The van der Waals surface area contributed by atoms with Gasteiger partial charge >= 0.3 is 0 Å². The number of hydrogen-bond acceptors (Lipinski definition) is 2. The van der Waals surface area contributed by atoms with Gasteiger partial charge in [0, 0.05) is 17.2 Å². The van der Waals surface area contributed by atoms with Crippen molar-refractivity contribution in [1.82, 2.24) is 10.2 Å². The van der Waals surface area contributed by atoms with Crippen LogP contribution in [0, 0.1) is 6.92 Å². The molecule has 3 heteroatoms. The molecule has 1 unspecified atom stereocenters. The average molecular weight is 199 g/mol. The van der Waals surface area contributed by atoms with Gasteiger partial charge in [-0.15, -0.1) is 0 Å². The van der Waals surface area contributed by atoms with Gasteiger partial charge in [0.05, 0.1) is 0 Å². The topological polar surface area (TPSA) is 54.7 Å². The van der Waals surface area contributed by atoms with Gasteiger partial charge in [-0.1, -0.05) is 24.3 Å². The van der Waals surface area contributed by atoms with Crippen molar-refractivity contribution in [1.29, 1.82) is 0 Å². The second-order valence-corrected chi connectivity index (χ2v) is 4.10. The van der Waals surface area contributed by atoms with Crippen LogP contribution < -0.4 is 5.73 Å². The summed E-state index contributed by atoms with van der Waals surface area (Å²) in [6, 6.07) is 8.53. The summed E-state index contributed by atoms with van der Waals surface area (Å²) >= 11 is 0. The van der Waals surface area contributed by atoms with Gasteiger partial charge in [-0.05, 0) is 24.5 Å². The number of fused-ring (bicyclic) bond motifs is 1. The minimum Gasteiger partial charge on any atom is -0.382 e. The molecule has 1 aromatic heterocycles. The van der Waals surface area contributed by atoms with Crippen molar-refractivity contribution in [2.24, 2.45) is 0 Å². The van der Waals surface area contributed by atoms with Crippen LogP contribution in [0.3, 0.4) is 0 Å². The Bertz CT molecular complexity index is 513. The highest BCUT2D eigenvalue weighted by molar-refractivity contribution is 5.51. The summed E-state index contributed by atoms with van der Waals surface area (Å²) in [5, 5.41) is 7.09. The summed E-state index contributed by atoms with van der Waals surface area (Å²) in [7, 11) is 0. The molecule has 0 amide bonds. The number of benzene rings is 1. The first-order chi connectivity index (χ1) is 7.27. The molecule has 3 rings (SSSR count). The maximum absolute atomic E-state index is 5.73. The molecular weight excluding hydrogens is 186 g/mol. The zero-order valence-electron chi connectivity index (χ0n) is 8.62. The van der Waals surface area contributed by atoms with Crippen LogP contribution in [0.15, 0.2) is 24.3 Å². The predicted octanol–water partition coefficient (Wildman–Crippen LogP) is 1.99. The van der Waals surface area contributed by atoms with E-state index in [-0.39, 0.29) is 0 Å². The van der Waals surface area contributed by atoms with Crippen LogP contribution in [-0.2, 0) is 6.42 Å². The molecule has 1 aliphatic carbocycles. The Hall–Kier alpha value is -1.77. The highest BCUT2D eigenvalue weighted by Gasteiger charge is 2.29. The SMILES string of the molecule is Cc1c(N)n[nH]c1C1Cc2ccccc21. The van der Waals surface area contributed by atoms with Crippen molar-refractivity contribution >= 4 is 5.82 Å². The van der Waals surface area contributed by atoms with E-state index in [2.05, 4.69) is 34.5 Å². The maximum Gasteiger partial charge on any atom is 0.148 e. The molecule has 1 heterocycles. The lowest BCUT2D eigenvalue weighted by Gasteiger charge is -2.29. The van der Waals surface area contributed by atoms with Crippen LogP contribution in [-0.4, -0.2) is 10.2 Å². The monoisotopic (exact) mass is 199 g/mol. The second-order valence-electron chi connectivity index (χ2n) is 4.10. The second kappa shape index (κ2) is 2.86. The lowest BCUT2D eigenvalue weighted by Crippen LogP contribution is -2.19. The van der Waals surface area contributed by atoms with Gasteiger partial charge in [-0.3, -0.25) is 5.10 Å². The Morgan fingerprint density at radius 3 is 2.87 bits per heavy atom. The summed E-state index contributed by atoms with van der Waals surface area (Å²) in [4.78, 5) is 0. The van der Waals surface area contributed by atoms with Gasteiger partial charge in [0.1, 0.15) is 5.82 Å². The Morgan fingerprint density at radius 1 is 1.40 bits per heavy atom. The summed E-state index contributed by atoms with van der Waals surface area (Å²) in [6.07, 6.45) is 1.10. The molecule has 1 atom stereocenters. The molecule has 3 N–H and O–H groups in total. The highest BCUT2D eigenvalue weighted by Crippen LogP contribution is 2.40. The van der Waals surface area contributed by atoms with E-state index in [0.29, 0.717) is 11.7 Å². The fourth-order valence-electron chi connectivity index (χ4n) is 2.28. The van der Waals surface area contributed by atoms with E-state index in [1.54, 1.807) is 0 Å². The molecule has 0 saturated carbocycles. The third-order valence-corrected chi connectivity index (χ3v) is 3.29. The molecular formula is C12H13N3. The lowest BCUT2D eigenvalue weighted by molar-refractivity contribution is 0.678. The van der Waals surface area contributed by atoms with E-state index in [1.807, 2.05) is 6.92 Å². The number of nitrogens with one attached hydrogen (secondary N) is 1. The molecule has 15 heavy (non-hydrogen) atoms. The third kappa shape index (κ3) is 1.09. The number of nitrogens with zero attached hydrogens (tertiary/aromatic N) is 1. The molecule has 3 nitrogen and oxygen atoms in total. The molecule has 0 spiro atoms. The molecule has 0 aliphatic heterocycles. The van der Waals surface area contributed by atoms with Crippen molar-refractivity contribution in [3.05, 3.63) is 46.6 Å². The predicted molar refractivity (Wildman–Crippen MR) is 59.7 cm³/mol. The van der Waals surface area contributed by atoms with Gasteiger partial charge in [0.2, 0.25) is 0 Å². The molecule has 0 fully saturated rings. The van der Waals surface area contributed by atoms with Crippen molar-refractivity contribution in [3.8, 4) is 0 Å². The maximum atomic E-state index is 5.73. The minimum atomic E-state index is 0.464. The molecule has 1 aromatic carbocycles. The summed E-state index contributed by atoms with van der Waals surface area (Å²) < 4.78 is 0. The number of H-pyrrole nitrogens is 1. The van der Waals surface area contributed by atoms with Gasteiger partial charge < -0.3 is 5.73 Å². The number of hydrogen-bond donors (Lipinski definition) is 2. The fraction of sp³-hybridized carbons (Fsp3) is 0.250. The van der Waals surface area contributed by atoms with E-state index in [1.165, 1.54) is 16.8 Å². The van der Waals surface area contributed by atoms with E-state index >= 15 is 0 Å². The van der Waals surface area contributed by atoms with Crippen LogP contribution in [0.5, 0.6) is 0 Å². The van der Waals surface area contributed by atoms with Gasteiger partial charge in [0.25, 0.3) is 0 Å². The first-order valence-corrected chi connectivity index (χ1v) is 5.15. The molecule has 0 radical (unpaired) electrons. The average Bonchev–Trinajstić information content (AvgIpc) is 2.52. The number of anilines is 1. The van der Waals surface area contributed by atoms with E-state index in [4.69, 9.17) is 5.73 Å². The van der Waals surface area contributed by atoms with Crippen molar-refractivity contribution in [3.63, 3.8) is 0 Å². The molecule has 0 saturated heterocycles. The van der Waals surface area contributed by atoms with Crippen LogP contribution in [0.25, 0.3) is 0 Å². The van der Waals surface area contributed by atoms with Gasteiger partial charge in [-0.2, -0.15) is 5.10 Å². The van der Waals surface area contributed by atoms with Crippen LogP contribution >= 0.6 is 0 Å².